The predicted octanol–water partition coefficient (Wildman–Crippen LogP) is -0.666. The highest BCUT2D eigenvalue weighted by atomic mass is 79.9. The normalized spacial score (nSPS) is 11.6. The lowest BCUT2D eigenvalue weighted by atomic mass is 10.2. The first-order valence-corrected chi connectivity index (χ1v) is 4.84. The summed E-state index contributed by atoms with van der Waals surface area (Å²) < 4.78 is 40.8. The third-order valence-electron chi connectivity index (χ3n) is 2.74. The van der Waals surface area contributed by atoms with E-state index < -0.39 is 12.0 Å². The number of hydrogen-bond donors (Lipinski definition) is 0. The average Bonchev–Trinajstić information content (AvgIpc) is 2.38. The van der Waals surface area contributed by atoms with Crippen molar-refractivity contribution >= 4 is 11.0 Å². The third-order valence-corrected chi connectivity index (χ3v) is 2.74. The van der Waals surface area contributed by atoms with Crippen LogP contribution in [0.25, 0.3) is 11.0 Å². The van der Waals surface area contributed by atoms with Crippen LogP contribution in [0.3, 0.4) is 0 Å². The van der Waals surface area contributed by atoms with Crippen molar-refractivity contribution in [3.63, 3.8) is 0 Å². The molecule has 2 nitrogen and oxygen atoms in total. The van der Waals surface area contributed by atoms with Gasteiger partial charge in [-0.25, -0.2) is 9.13 Å². The van der Waals surface area contributed by atoms with Gasteiger partial charge in [0.15, 0.2) is 11.0 Å². The van der Waals surface area contributed by atoms with Crippen molar-refractivity contribution in [2.45, 2.75) is 13.1 Å². The van der Waals surface area contributed by atoms with E-state index in [1.807, 2.05) is 13.0 Å². The van der Waals surface area contributed by atoms with E-state index in [1.165, 1.54) is 23.2 Å². The lowest BCUT2D eigenvalue weighted by Crippen LogP contribution is -3.00. The summed E-state index contributed by atoms with van der Waals surface area (Å²) in [5.74, 6) is -0.645. The second-order valence-corrected chi connectivity index (χ2v) is 3.93. The minimum atomic E-state index is -4.34. The maximum atomic E-state index is 12.8. The monoisotopic (exact) mass is 308 g/mol. The Balaban J connectivity index is 0.00000144. The Hall–Kier alpha value is -1.04. The second-order valence-electron chi connectivity index (χ2n) is 3.93. The molecule has 0 saturated carbocycles. The van der Waals surface area contributed by atoms with Gasteiger partial charge < -0.3 is 17.0 Å². The molecule has 0 amide bonds. The van der Waals surface area contributed by atoms with Gasteiger partial charge in [-0.1, -0.05) is 6.07 Å². The summed E-state index contributed by atoms with van der Waals surface area (Å²) >= 11 is 0. The number of halogens is 4. The zero-order chi connectivity index (χ0) is 12.1. The van der Waals surface area contributed by atoms with Gasteiger partial charge in [0.05, 0.1) is 14.1 Å². The standard InChI is InChI=1S/C11H12F3N2.BrH/c1-7-4-5-8-9(6-7)16(3)10(15(8)2)11(12,13)14;/h4-6H,1-3H3;1H/q+1;/p-1. The number of nitrogens with zero attached hydrogens (tertiary/aromatic N) is 2. The minimum Gasteiger partial charge on any atom is -1.00 e. The molecule has 0 aliphatic rings. The number of alkyl halides is 3. The molecule has 0 radical (unpaired) electrons. The number of benzene rings is 1. The minimum absolute atomic E-state index is 0. The van der Waals surface area contributed by atoms with Crippen molar-refractivity contribution in [1.29, 1.82) is 0 Å². The fourth-order valence-corrected chi connectivity index (χ4v) is 2.02. The van der Waals surface area contributed by atoms with Crippen LogP contribution in [-0.4, -0.2) is 4.57 Å². The molecule has 1 aromatic carbocycles. The van der Waals surface area contributed by atoms with Gasteiger partial charge in [0, 0.05) is 0 Å². The molecular weight excluding hydrogens is 297 g/mol. The van der Waals surface area contributed by atoms with E-state index in [1.54, 1.807) is 12.1 Å². The first-order valence-electron chi connectivity index (χ1n) is 4.84. The number of hydrogen-bond acceptors (Lipinski definition) is 0. The molecule has 1 heterocycles. The van der Waals surface area contributed by atoms with Gasteiger partial charge in [0.2, 0.25) is 0 Å². The molecule has 0 aliphatic carbocycles. The van der Waals surface area contributed by atoms with E-state index in [9.17, 15) is 13.2 Å². The molecule has 2 rings (SSSR count). The maximum absolute atomic E-state index is 12.8. The van der Waals surface area contributed by atoms with Crippen LogP contribution >= 0.6 is 0 Å². The summed E-state index contributed by atoms with van der Waals surface area (Å²) in [6.07, 6.45) is -4.34. The van der Waals surface area contributed by atoms with E-state index in [4.69, 9.17) is 0 Å². The Labute approximate surface area is 107 Å². The van der Waals surface area contributed by atoms with E-state index >= 15 is 0 Å². The number of fused-ring (bicyclic) bond motifs is 1. The Morgan fingerprint density at radius 1 is 1.24 bits per heavy atom. The molecule has 94 valence electrons. The summed E-state index contributed by atoms with van der Waals surface area (Å²) in [5.41, 5.74) is 2.12. The van der Waals surface area contributed by atoms with Crippen LogP contribution in [0.2, 0.25) is 0 Å². The number of rotatable bonds is 0. The van der Waals surface area contributed by atoms with Gasteiger partial charge in [-0.05, 0) is 24.6 Å². The van der Waals surface area contributed by atoms with Crippen molar-refractivity contribution in [1.82, 2.24) is 4.57 Å². The highest BCUT2D eigenvalue weighted by Gasteiger charge is 2.45. The van der Waals surface area contributed by atoms with Crippen LogP contribution in [-0.2, 0) is 20.3 Å². The summed E-state index contributed by atoms with van der Waals surface area (Å²) in [4.78, 5) is 0. The fraction of sp³-hybridized carbons (Fsp3) is 0.364. The van der Waals surface area contributed by atoms with Crippen molar-refractivity contribution in [3.8, 4) is 0 Å². The van der Waals surface area contributed by atoms with Gasteiger partial charge in [0.25, 0.3) is 0 Å². The average molecular weight is 309 g/mol. The second kappa shape index (κ2) is 4.33. The Morgan fingerprint density at radius 3 is 2.35 bits per heavy atom. The van der Waals surface area contributed by atoms with Crippen molar-refractivity contribution in [2.24, 2.45) is 14.1 Å². The summed E-state index contributed by atoms with van der Waals surface area (Å²) in [6.45, 7) is 1.86. The van der Waals surface area contributed by atoms with Crippen LogP contribution in [0, 0.1) is 6.92 Å². The van der Waals surface area contributed by atoms with E-state index in [0.717, 1.165) is 5.56 Å². The quantitative estimate of drug-likeness (QED) is 0.571. The Kier molecular flexibility index (Phi) is 3.57. The lowest BCUT2D eigenvalue weighted by Gasteiger charge is -2.01. The molecule has 0 bridgehead atoms. The Morgan fingerprint density at radius 2 is 1.82 bits per heavy atom. The topological polar surface area (TPSA) is 8.81 Å². The molecule has 0 fully saturated rings. The SMILES string of the molecule is Cc1ccc2c(c1)n(C)c(C(F)(F)F)[n+]2C.[Br-]. The molecule has 17 heavy (non-hydrogen) atoms. The van der Waals surface area contributed by atoms with Gasteiger partial charge in [-0.3, -0.25) is 0 Å². The molecule has 2 aromatic rings. The largest absolute Gasteiger partial charge is 1.00 e. The van der Waals surface area contributed by atoms with Crippen LogP contribution in [0.4, 0.5) is 13.2 Å². The zero-order valence-corrected chi connectivity index (χ0v) is 11.2. The van der Waals surface area contributed by atoms with Gasteiger partial charge in [0.1, 0.15) is 0 Å². The number of imidazole rings is 1. The van der Waals surface area contributed by atoms with Crippen molar-refractivity contribution in [2.75, 3.05) is 0 Å². The smallest absolute Gasteiger partial charge is 0.495 e. The van der Waals surface area contributed by atoms with Gasteiger partial charge >= 0.3 is 12.0 Å². The molecule has 1 aromatic heterocycles. The van der Waals surface area contributed by atoms with Gasteiger partial charge in [-0.2, -0.15) is 13.2 Å². The highest BCUT2D eigenvalue weighted by molar-refractivity contribution is 5.73. The highest BCUT2D eigenvalue weighted by Crippen LogP contribution is 2.29. The Bertz CT molecular complexity index is 558. The van der Waals surface area contributed by atoms with E-state index in [-0.39, 0.29) is 17.0 Å². The first kappa shape index (κ1) is 14.0. The summed E-state index contributed by atoms with van der Waals surface area (Å²) in [6, 6.07) is 5.27. The molecule has 0 aliphatic heterocycles. The van der Waals surface area contributed by atoms with Crippen molar-refractivity contribution in [3.05, 3.63) is 29.6 Å². The zero-order valence-electron chi connectivity index (χ0n) is 9.64. The number of aromatic nitrogens is 2. The predicted molar refractivity (Wildman–Crippen MR) is 53.8 cm³/mol. The first-order chi connectivity index (χ1) is 7.32. The fourth-order valence-electron chi connectivity index (χ4n) is 2.02. The summed E-state index contributed by atoms with van der Waals surface area (Å²) in [5, 5.41) is 0. The van der Waals surface area contributed by atoms with E-state index in [0.29, 0.717) is 11.0 Å². The summed E-state index contributed by atoms with van der Waals surface area (Å²) in [7, 11) is 2.87. The van der Waals surface area contributed by atoms with Crippen LogP contribution < -0.4 is 21.5 Å². The molecule has 6 heteroatoms. The molecule has 0 atom stereocenters. The molecular formula is C11H12BrF3N2. The van der Waals surface area contributed by atoms with Gasteiger partial charge in [-0.15, -0.1) is 0 Å². The van der Waals surface area contributed by atoms with E-state index in [2.05, 4.69) is 0 Å². The van der Waals surface area contributed by atoms with Crippen LogP contribution in [0.5, 0.6) is 0 Å². The molecule has 0 unspecified atom stereocenters. The molecule has 0 spiro atoms. The molecule has 0 saturated heterocycles. The number of aryl methyl sites for hydroxylation is 3. The lowest BCUT2D eigenvalue weighted by molar-refractivity contribution is -0.667. The van der Waals surface area contributed by atoms with Crippen LogP contribution in [0.15, 0.2) is 18.2 Å². The maximum Gasteiger partial charge on any atom is 0.495 e. The third kappa shape index (κ3) is 2.18. The van der Waals surface area contributed by atoms with Crippen molar-refractivity contribution < 1.29 is 34.7 Å². The van der Waals surface area contributed by atoms with Crippen LogP contribution in [0.1, 0.15) is 11.4 Å². The molecule has 0 N–H and O–H groups in total.